The maximum Gasteiger partial charge on any atom is 0.229 e. The number of aromatic nitrogens is 5. The van der Waals surface area contributed by atoms with E-state index in [1.165, 1.54) is 10.6 Å². The Balaban J connectivity index is 1.77. The number of hydrogen-bond donors (Lipinski definition) is 2. The Labute approximate surface area is 165 Å². The lowest BCUT2D eigenvalue weighted by Gasteiger charge is -2.13. The van der Waals surface area contributed by atoms with Crippen molar-refractivity contribution in [1.29, 1.82) is 0 Å². The maximum atomic E-state index is 14.3. The summed E-state index contributed by atoms with van der Waals surface area (Å²) in [5.74, 6) is 0.159. The van der Waals surface area contributed by atoms with E-state index in [2.05, 4.69) is 25.4 Å². The fraction of sp³-hybridized carbons (Fsp3) is 0.250. The molecule has 0 spiro atoms. The van der Waals surface area contributed by atoms with E-state index in [1.54, 1.807) is 32.6 Å². The summed E-state index contributed by atoms with van der Waals surface area (Å²) in [5.41, 5.74) is 7.04. The SMILES string of the molecule is CNc1ncc(-c2nc3c(F)cc(C)cn3n2)c2cc(C3(C(N)=O)CC3)ncc12. The Kier molecular flexibility index (Phi) is 3.58. The number of carbonyl (C=O) groups excluding carboxylic acids is 1. The van der Waals surface area contributed by atoms with E-state index in [-0.39, 0.29) is 11.6 Å². The third-order valence-electron chi connectivity index (χ3n) is 5.49. The van der Waals surface area contributed by atoms with E-state index in [1.807, 2.05) is 6.07 Å². The summed E-state index contributed by atoms with van der Waals surface area (Å²) < 4.78 is 15.7. The average Bonchev–Trinajstić information content (AvgIpc) is 3.41. The summed E-state index contributed by atoms with van der Waals surface area (Å²) in [6.07, 6.45) is 6.39. The van der Waals surface area contributed by atoms with Crippen LogP contribution < -0.4 is 11.1 Å². The third kappa shape index (κ3) is 2.54. The number of amides is 1. The number of nitrogens with one attached hydrogen (secondary N) is 1. The Morgan fingerprint density at radius 2 is 2.03 bits per heavy atom. The van der Waals surface area contributed by atoms with Crippen molar-refractivity contribution < 1.29 is 9.18 Å². The Hall–Kier alpha value is -3.62. The number of primary amides is 1. The van der Waals surface area contributed by atoms with Gasteiger partial charge in [0.2, 0.25) is 5.91 Å². The molecule has 4 aromatic rings. The summed E-state index contributed by atoms with van der Waals surface area (Å²) in [5, 5.41) is 9.01. The van der Waals surface area contributed by atoms with E-state index in [4.69, 9.17) is 5.73 Å². The highest BCUT2D eigenvalue weighted by atomic mass is 19.1. The first kappa shape index (κ1) is 17.5. The minimum absolute atomic E-state index is 0.140. The number of hydrogen-bond acceptors (Lipinski definition) is 6. The van der Waals surface area contributed by atoms with Crippen molar-refractivity contribution in [2.24, 2.45) is 5.73 Å². The molecule has 1 fully saturated rings. The van der Waals surface area contributed by atoms with Crippen molar-refractivity contribution in [3.8, 4) is 11.4 Å². The molecule has 0 atom stereocenters. The zero-order chi connectivity index (χ0) is 20.3. The standard InChI is InChI=1S/C20H18FN7O/c1-10-5-14(21)18-26-17(27-28(18)9-10)13-8-25-16(23-2)12-7-24-15(6-11(12)13)20(3-4-20)19(22)29/h5-9H,3-4H2,1-2H3,(H2,22,29)(H,23,25). The van der Waals surface area contributed by atoms with Crippen LogP contribution in [0.4, 0.5) is 10.2 Å². The van der Waals surface area contributed by atoms with Gasteiger partial charge in [0.1, 0.15) is 5.82 Å². The molecule has 29 heavy (non-hydrogen) atoms. The Morgan fingerprint density at radius 1 is 1.24 bits per heavy atom. The van der Waals surface area contributed by atoms with E-state index in [0.717, 1.165) is 16.3 Å². The molecule has 0 aliphatic heterocycles. The molecular formula is C20H18FN7O. The quantitative estimate of drug-likeness (QED) is 0.552. The van der Waals surface area contributed by atoms with Crippen molar-refractivity contribution in [3.63, 3.8) is 0 Å². The number of halogens is 1. The van der Waals surface area contributed by atoms with Crippen LogP contribution in [0, 0.1) is 12.7 Å². The first-order chi connectivity index (χ1) is 13.9. The molecule has 0 saturated heterocycles. The number of nitrogens with zero attached hydrogens (tertiary/aromatic N) is 5. The molecule has 9 heteroatoms. The minimum atomic E-state index is -0.718. The highest BCUT2D eigenvalue weighted by molar-refractivity contribution is 6.01. The van der Waals surface area contributed by atoms with Gasteiger partial charge in [0, 0.05) is 42.0 Å². The van der Waals surface area contributed by atoms with Crippen molar-refractivity contribution in [1.82, 2.24) is 24.6 Å². The molecule has 0 aromatic carbocycles. The van der Waals surface area contributed by atoms with Crippen LogP contribution in [0.25, 0.3) is 27.8 Å². The summed E-state index contributed by atoms with van der Waals surface area (Å²) >= 11 is 0. The first-order valence-corrected chi connectivity index (χ1v) is 9.23. The van der Waals surface area contributed by atoms with Gasteiger partial charge in [0.25, 0.3) is 0 Å². The van der Waals surface area contributed by atoms with Gasteiger partial charge in [-0.05, 0) is 37.5 Å². The van der Waals surface area contributed by atoms with Gasteiger partial charge in [-0.2, -0.15) is 0 Å². The normalized spacial score (nSPS) is 15.0. The molecule has 5 rings (SSSR count). The van der Waals surface area contributed by atoms with Gasteiger partial charge in [-0.15, -0.1) is 5.10 Å². The monoisotopic (exact) mass is 391 g/mol. The topological polar surface area (TPSA) is 111 Å². The highest BCUT2D eigenvalue weighted by Gasteiger charge is 2.51. The number of rotatable bonds is 4. The van der Waals surface area contributed by atoms with Crippen molar-refractivity contribution in [2.75, 3.05) is 12.4 Å². The van der Waals surface area contributed by atoms with E-state index >= 15 is 0 Å². The average molecular weight is 391 g/mol. The number of aryl methyl sites for hydroxylation is 1. The van der Waals surface area contributed by atoms with Gasteiger partial charge < -0.3 is 11.1 Å². The fourth-order valence-corrected chi connectivity index (χ4v) is 3.71. The molecule has 1 saturated carbocycles. The van der Waals surface area contributed by atoms with Crippen LogP contribution in [-0.2, 0) is 10.2 Å². The van der Waals surface area contributed by atoms with E-state index in [9.17, 15) is 9.18 Å². The second kappa shape index (κ2) is 5.94. The largest absolute Gasteiger partial charge is 0.373 e. The van der Waals surface area contributed by atoms with Crippen LogP contribution in [0.2, 0.25) is 0 Å². The molecule has 0 unspecified atom stereocenters. The van der Waals surface area contributed by atoms with Gasteiger partial charge in [0.15, 0.2) is 17.3 Å². The van der Waals surface area contributed by atoms with Gasteiger partial charge in [0.05, 0.1) is 11.1 Å². The van der Waals surface area contributed by atoms with Gasteiger partial charge in [-0.1, -0.05) is 0 Å². The fourth-order valence-electron chi connectivity index (χ4n) is 3.71. The summed E-state index contributed by atoms with van der Waals surface area (Å²) in [4.78, 5) is 25.3. The first-order valence-electron chi connectivity index (χ1n) is 9.23. The number of fused-ring (bicyclic) bond motifs is 2. The van der Waals surface area contributed by atoms with Crippen LogP contribution >= 0.6 is 0 Å². The summed E-state index contributed by atoms with van der Waals surface area (Å²) in [6, 6.07) is 3.26. The molecule has 8 nitrogen and oxygen atoms in total. The lowest BCUT2D eigenvalue weighted by Crippen LogP contribution is -2.29. The van der Waals surface area contributed by atoms with Crippen LogP contribution in [0.5, 0.6) is 0 Å². The lowest BCUT2D eigenvalue weighted by atomic mass is 9.97. The summed E-state index contributed by atoms with van der Waals surface area (Å²) in [7, 11) is 1.77. The third-order valence-corrected chi connectivity index (χ3v) is 5.49. The van der Waals surface area contributed by atoms with Crippen LogP contribution in [0.3, 0.4) is 0 Å². The lowest BCUT2D eigenvalue weighted by molar-refractivity contribution is -0.120. The molecule has 4 heterocycles. The van der Waals surface area contributed by atoms with Crippen molar-refractivity contribution in [3.05, 3.63) is 47.8 Å². The number of pyridine rings is 3. The highest BCUT2D eigenvalue weighted by Crippen LogP contribution is 2.48. The molecule has 0 bridgehead atoms. The second-order valence-corrected chi connectivity index (χ2v) is 7.40. The van der Waals surface area contributed by atoms with E-state index in [0.29, 0.717) is 35.7 Å². The van der Waals surface area contributed by atoms with Crippen LogP contribution in [0.15, 0.2) is 30.7 Å². The van der Waals surface area contributed by atoms with Crippen LogP contribution in [0.1, 0.15) is 24.1 Å². The molecule has 1 aliphatic carbocycles. The molecule has 4 aromatic heterocycles. The number of nitrogens with two attached hydrogens (primary N) is 1. The molecule has 146 valence electrons. The van der Waals surface area contributed by atoms with Crippen LogP contribution in [-0.4, -0.2) is 37.5 Å². The summed E-state index contributed by atoms with van der Waals surface area (Å²) in [6.45, 7) is 1.79. The Bertz CT molecular complexity index is 1310. The molecule has 0 radical (unpaired) electrons. The van der Waals surface area contributed by atoms with Crippen molar-refractivity contribution in [2.45, 2.75) is 25.2 Å². The molecular weight excluding hydrogens is 373 g/mol. The molecule has 1 amide bonds. The van der Waals surface area contributed by atoms with Crippen molar-refractivity contribution >= 4 is 28.1 Å². The minimum Gasteiger partial charge on any atom is -0.373 e. The van der Waals surface area contributed by atoms with E-state index < -0.39 is 11.2 Å². The van der Waals surface area contributed by atoms with Gasteiger partial charge >= 0.3 is 0 Å². The maximum absolute atomic E-state index is 14.3. The zero-order valence-corrected chi connectivity index (χ0v) is 15.9. The smallest absolute Gasteiger partial charge is 0.229 e. The zero-order valence-electron chi connectivity index (χ0n) is 15.9. The predicted octanol–water partition coefficient (Wildman–Crippen LogP) is 2.35. The Morgan fingerprint density at radius 3 is 2.72 bits per heavy atom. The molecule has 1 aliphatic rings. The number of carbonyl (C=O) groups is 1. The second-order valence-electron chi connectivity index (χ2n) is 7.40. The van der Waals surface area contributed by atoms with Gasteiger partial charge in [-0.3, -0.25) is 9.78 Å². The molecule has 3 N–H and O–H groups in total. The number of anilines is 1. The predicted molar refractivity (Wildman–Crippen MR) is 106 cm³/mol. The van der Waals surface area contributed by atoms with Gasteiger partial charge in [-0.25, -0.2) is 18.9 Å².